The second-order valence-corrected chi connectivity index (χ2v) is 7.29. The third-order valence-corrected chi connectivity index (χ3v) is 5.12. The lowest BCUT2D eigenvalue weighted by Crippen LogP contribution is -2.37. The lowest BCUT2D eigenvalue weighted by atomic mass is 10.1. The van der Waals surface area contributed by atoms with E-state index in [4.69, 9.17) is 5.73 Å². The average Bonchev–Trinajstić information content (AvgIpc) is 3.20. The number of amides is 2. The van der Waals surface area contributed by atoms with Crippen LogP contribution in [-0.2, 0) is 16.0 Å². The number of hydrogen-bond acceptors (Lipinski definition) is 3. The topological polar surface area (TPSA) is 84.2 Å². The highest BCUT2D eigenvalue weighted by molar-refractivity contribution is 5.97. The van der Waals surface area contributed by atoms with Crippen LogP contribution in [0.4, 0.5) is 11.4 Å². The third kappa shape index (κ3) is 5.17. The maximum Gasteiger partial charge on any atom is 0.241 e. The first kappa shape index (κ1) is 19.1. The molecule has 5 nitrogen and oxygen atoms in total. The molecule has 0 spiro atoms. The highest BCUT2D eigenvalue weighted by Crippen LogP contribution is 2.27. The number of nitrogens with one attached hydrogen (secondary N) is 2. The Labute approximate surface area is 160 Å². The van der Waals surface area contributed by atoms with Crippen LogP contribution in [0, 0.1) is 12.8 Å². The second kappa shape index (κ2) is 8.82. The third-order valence-electron chi connectivity index (χ3n) is 5.12. The highest BCUT2D eigenvalue weighted by Gasteiger charge is 2.23. The van der Waals surface area contributed by atoms with E-state index in [0.29, 0.717) is 17.8 Å². The molecule has 0 aliphatic heterocycles. The molecule has 0 heterocycles. The minimum Gasteiger partial charge on any atom is -0.326 e. The van der Waals surface area contributed by atoms with E-state index >= 15 is 0 Å². The Morgan fingerprint density at radius 3 is 2.48 bits per heavy atom. The Hall–Kier alpha value is -2.66. The summed E-state index contributed by atoms with van der Waals surface area (Å²) >= 11 is 0. The molecule has 1 aliphatic carbocycles. The number of carbonyl (C=O) groups is 2. The predicted molar refractivity (Wildman–Crippen MR) is 109 cm³/mol. The molecule has 0 bridgehead atoms. The summed E-state index contributed by atoms with van der Waals surface area (Å²) in [5.74, 6) is -0.0701. The normalized spacial score (nSPS) is 15.3. The van der Waals surface area contributed by atoms with Gasteiger partial charge in [-0.15, -0.1) is 0 Å². The van der Waals surface area contributed by atoms with E-state index in [1.165, 1.54) is 0 Å². The molecule has 0 aromatic heterocycles. The summed E-state index contributed by atoms with van der Waals surface area (Å²) < 4.78 is 0. The summed E-state index contributed by atoms with van der Waals surface area (Å²) in [5.41, 5.74) is 9.39. The summed E-state index contributed by atoms with van der Waals surface area (Å²) in [6.07, 6.45) is 4.62. The maximum absolute atomic E-state index is 12.5. The molecule has 4 N–H and O–H groups in total. The van der Waals surface area contributed by atoms with Crippen LogP contribution < -0.4 is 16.4 Å². The molecule has 3 rings (SSSR count). The summed E-state index contributed by atoms with van der Waals surface area (Å²) in [4.78, 5) is 24.8. The van der Waals surface area contributed by atoms with E-state index in [1.54, 1.807) is 6.07 Å². The summed E-state index contributed by atoms with van der Waals surface area (Å²) in [6.45, 7) is 1.92. The molecule has 0 radical (unpaired) electrons. The van der Waals surface area contributed by atoms with Gasteiger partial charge < -0.3 is 16.4 Å². The van der Waals surface area contributed by atoms with E-state index < -0.39 is 6.04 Å². The Kier molecular flexibility index (Phi) is 6.24. The van der Waals surface area contributed by atoms with Gasteiger partial charge in [-0.2, -0.15) is 0 Å². The number of nitrogens with two attached hydrogens (primary N) is 1. The van der Waals surface area contributed by atoms with Crippen molar-refractivity contribution < 1.29 is 9.59 Å². The molecule has 2 aromatic rings. The molecule has 1 fully saturated rings. The van der Waals surface area contributed by atoms with Crippen molar-refractivity contribution in [1.82, 2.24) is 0 Å². The van der Waals surface area contributed by atoms with E-state index in [-0.39, 0.29) is 17.7 Å². The van der Waals surface area contributed by atoms with Crippen molar-refractivity contribution in [3.05, 3.63) is 59.7 Å². The van der Waals surface area contributed by atoms with Crippen molar-refractivity contribution in [3.63, 3.8) is 0 Å². The standard InChI is InChI=1S/C22H27N3O2/c1-15-11-12-18(24-21(26)17-9-5-6-10-17)14-20(15)25-22(27)19(23)13-16-7-3-2-4-8-16/h2-4,7-8,11-12,14,17,19H,5-6,9-10,13,23H2,1H3,(H,24,26)(H,25,27). The van der Waals surface area contributed by atoms with Gasteiger partial charge in [0, 0.05) is 17.3 Å². The van der Waals surface area contributed by atoms with Crippen LogP contribution in [0.1, 0.15) is 36.8 Å². The molecule has 27 heavy (non-hydrogen) atoms. The SMILES string of the molecule is Cc1ccc(NC(=O)C2CCCC2)cc1NC(=O)C(N)Cc1ccccc1. The molecule has 1 saturated carbocycles. The van der Waals surface area contributed by atoms with Crippen LogP contribution in [0.3, 0.4) is 0 Å². The van der Waals surface area contributed by atoms with Crippen LogP contribution in [0.2, 0.25) is 0 Å². The molecule has 5 heteroatoms. The number of carbonyl (C=O) groups excluding carboxylic acids is 2. The van der Waals surface area contributed by atoms with E-state index in [2.05, 4.69) is 10.6 Å². The number of benzene rings is 2. The fraction of sp³-hybridized carbons (Fsp3) is 0.364. The first-order valence-corrected chi connectivity index (χ1v) is 9.55. The van der Waals surface area contributed by atoms with Crippen LogP contribution in [0.25, 0.3) is 0 Å². The lowest BCUT2D eigenvalue weighted by Gasteiger charge is -2.16. The largest absolute Gasteiger partial charge is 0.326 e. The molecule has 0 saturated heterocycles. The highest BCUT2D eigenvalue weighted by atomic mass is 16.2. The zero-order chi connectivity index (χ0) is 19.2. The molecule has 1 aliphatic rings. The van der Waals surface area contributed by atoms with Gasteiger partial charge in [0.2, 0.25) is 11.8 Å². The number of anilines is 2. The quantitative estimate of drug-likeness (QED) is 0.731. The van der Waals surface area contributed by atoms with E-state index in [1.807, 2.05) is 49.4 Å². The van der Waals surface area contributed by atoms with Crippen molar-refractivity contribution in [1.29, 1.82) is 0 Å². The van der Waals surface area contributed by atoms with Gasteiger partial charge in [-0.25, -0.2) is 0 Å². The fourth-order valence-corrected chi connectivity index (χ4v) is 3.45. The van der Waals surface area contributed by atoms with Crippen molar-refractivity contribution in [3.8, 4) is 0 Å². The lowest BCUT2D eigenvalue weighted by molar-refractivity contribution is -0.119. The Balaban J connectivity index is 1.63. The molecule has 142 valence electrons. The molecular weight excluding hydrogens is 338 g/mol. The molecule has 2 aromatic carbocycles. The molecular formula is C22H27N3O2. The van der Waals surface area contributed by atoms with Crippen LogP contribution in [0.5, 0.6) is 0 Å². The minimum absolute atomic E-state index is 0.0643. The molecule has 1 unspecified atom stereocenters. The van der Waals surface area contributed by atoms with Crippen LogP contribution in [0.15, 0.2) is 48.5 Å². The van der Waals surface area contributed by atoms with Crippen molar-refractivity contribution in [2.45, 2.75) is 45.1 Å². The first-order chi connectivity index (χ1) is 13.0. The predicted octanol–water partition coefficient (Wildman–Crippen LogP) is 3.63. The number of rotatable bonds is 6. The van der Waals surface area contributed by atoms with E-state index in [9.17, 15) is 9.59 Å². The van der Waals surface area contributed by atoms with Gasteiger partial charge in [-0.1, -0.05) is 49.2 Å². The van der Waals surface area contributed by atoms with Gasteiger partial charge in [0.05, 0.1) is 6.04 Å². The van der Waals surface area contributed by atoms with Crippen LogP contribution >= 0.6 is 0 Å². The van der Waals surface area contributed by atoms with Gasteiger partial charge in [-0.05, 0) is 49.4 Å². The van der Waals surface area contributed by atoms with Gasteiger partial charge in [0.15, 0.2) is 0 Å². The zero-order valence-electron chi connectivity index (χ0n) is 15.7. The van der Waals surface area contributed by atoms with Gasteiger partial charge >= 0.3 is 0 Å². The van der Waals surface area contributed by atoms with Gasteiger partial charge in [0.1, 0.15) is 0 Å². The summed E-state index contributed by atoms with van der Waals surface area (Å²) in [7, 11) is 0. The second-order valence-electron chi connectivity index (χ2n) is 7.29. The zero-order valence-corrected chi connectivity index (χ0v) is 15.7. The Bertz CT molecular complexity index is 798. The van der Waals surface area contributed by atoms with Crippen LogP contribution in [-0.4, -0.2) is 17.9 Å². The van der Waals surface area contributed by atoms with Crippen molar-refractivity contribution in [2.24, 2.45) is 11.7 Å². The van der Waals surface area contributed by atoms with Crippen molar-refractivity contribution >= 4 is 23.2 Å². The fourth-order valence-electron chi connectivity index (χ4n) is 3.45. The summed E-state index contributed by atoms with van der Waals surface area (Å²) in [5, 5.41) is 5.87. The average molecular weight is 365 g/mol. The number of aryl methyl sites for hydroxylation is 1. The minimum atomic E-state index is -0.636. The monoisotopic (exact) mass is 365 g/mol. The number of hydrogen-bond donors (Lipinski definition) is 3. The Morgan fingerprint density at radius 1 is 1.07 bits per heavy atom. The smallest absolute Gasteiger partial charge is 0.241 e. The van der Waals surface area contributed by atoms with Gasteiger partial charge in [0.25, 0.3) is 0 Å². The van der Waals surface area contributed by atoms with Gasteiger partial charge in [-0.3, -0.25) is 9.59 Å². The van der Waals surface area contributed by atoms with Crippen molar-refractivity contribution in [2.75, 3.05) is 10.6 Å². The Morgan fingerprint density at radius 2 is 1.78 bits per heavy atom. The molecule has 2 amide bonds. The summed E-state index contributed by atoms with van der Waals surface area (Å²) in [6, 6.07) is 14.6. The van der Waals surface area contributed by atoms with E-state index in [0.717, 1.165) is 36.8 Å². The first-order valence-electron chi connectivity index (χ1n) is 9.55. The molecule has 1 atom stereocenters. The maximum atomic E-state index is 12.5.